The third-order valence-corrected chi connectivity index (χ3v) is 5.71. The zero-order valence-corrected chi connectivity index (χ0v) is 15.8. The summed E-state index contributed by atoms with van der Waals surface area (Å²) in [5.74, 6) is 0.150. The number of halogens is 1. The van der Waals surface area contributed by atoms with E-state index in [1.54, 1.807) is 29.4 Å². The first kappa shape index (κ1) is 17.8. The molecule has 2 aromatic heterocycles. The molecule has 0 unspecified atom stereocenters. The molecule has 146 valence electrons. The molecular formula is C23H20FN3O2. The van der Waals surface area contributed by atoms with E-state index in [-0.39, 0.29) is 24.4 Å². The van der Waals surface area contributed by atoms with Crippen LogP contribution in [0.1, 0.15) is 23.2 Å². The smallest absolute Gasteiger partial charge is 0.256 e. The highest BCUT2D eigenvalue weighted by atomic mass is 19.1. The fourth-order valence-electron chi connectivity index (χ4n) is 4.29. The van der Waals surface area contributed by atoms with Gasteiger partial charge in [0.25, 0.3) is 5.91 Å². The summed E-state index contributed by atoms with van der Waals surface area (Å²) >= 11 is 0. The van der Waals surface area contributed by atoms with Crippen LogP contribution in [-0.2, 0) is 0 Å². The highest BCUT2D eigenvalue weighted by molar-refractivity contribution is 6.11. The Labute approximate surface area is 167 Å². The first-order chi connectivity index (χ1) is 14.2. The summed E-state index contributed by atoms with van der Waals surface area (Å²) in [6, 6.07) is 13.9. The molecule has 1 aliphatic rings. The van der Waals surface area contributed by atoms with Gasteiger partial charge < -0.3 is 10.0 Å². The second-order valence-corrected chi connectivity index (χ2v) is 7.41. The standard InChI is InChI=1S/C23H20FN3O2/c24-16-6-3-5-15(11-16)22-25-12-21-19-9-2-1-8-18(19)20(13-27(21)22)23(29)26-10-4-7-17(26)14-28/h1-3,5-6,8-9,11-13,17,28H,4,7,10,14H2/t17-/m1/s1. The number of hydrogen-bond donors (Lipinski definition) is 1. The van der Waals surface area contributed by atoms with Gasteiger partial charge in [-0.2, -0.15) is 0 Å². The van der Waals surface area contributed by atoms with E-state index in [0.717, 1.165) is 29.1 Å². The molecule has 4 aromatic rings. The molecule has 1 N–H and O–H groups in total. The van der Waals surface area contributed by atoms with E-state index in [1.807, 2.05) is 28.7 Å². The molecule has 2 aromatic carbocycles. The van der Waals surface area contributed by atoms with E-state index in [1.165, 1.54) is 12.1 Å². The van der Waals surface area contributed by atoms with Gasteiger partial charge >= 0.3 is 0 Å². The number of hydrogen-bond acceptors (Lipinski definition) is 3. The Kier molecular flexibility index (Phi) is 4.28. The summed E-state index contributed by atoms with van der Waals surface area (Å²) in [7, 11) is 0. The van der Waals surface area contributed by atoms with Gasteiger partial charge in [-0.25, -0.2) is 9.37 Å². The molecule has 0 saturated carbocycles. The topological polar surface area (TPSA) is 57.8 Å². The molecule has 0 spiro atoms. The number of rotatable bonds is 3. The monoisotopic (exact) mass is 389 g/mol. The summed E-state index contributed by atoms with van der Waals surface area (Å²) in [5.41, 5.74) is 2.06. The number of likely N-dealkylation sites (tertiary alicyclic amines) is 1. The minimum atomic E-state index is -0.334. The highest BCUT2D eigenvalue weighted by Crippen LogP contribution is 2.30. The molecule has 5 rings (SSSR count). The maximum Gasteiger partial charge on any atom is 0.256 e. The van der Waals surface area contributed by atoms with Gasteiger partial charge in [-0.15, -0.1) is 0 Å². The summed E-state index contributed by atoms with van der Waals surface area (Å²) in [4.78, 5) is 19.7. The molecular weight excluding hydrogens is 369 g/mol. The van der Waals surface area contributed by atoms with Crippen molar-refractivity contribution in [1.82, 2.24) is 14.3 Å². The van der Waals surface area contributed by atoms with Crippen LogP contribution < -0.4 is 0 Å². The Balaban J connectivity index is 1.74. The predicted octanol–water partition coefficient (Wildman–Crippen LogP) is 3.89. The summed E-state index contributed by atoms with van der Waals surface area (Å²) < 4.78 is 15.6. The summed E-state index contributed by atoms with van der Waals surface area (Å²) in [6.45, 7) is 0.600. The highest BCUT2D eigenvalue weighted by Gasteiger charge is 2.30. The lowest BCUT2D eigenvalue weighted by molar-refractivity contribution is 0.0679. The average molecular weight is 389 g/mol. The van der Waals surface area contributed by atoms with Crippen LogP contribution in [0.15, 0.2) is 60.9 Å². The summed E-state index contributed by atoms with van der Waals surface area (Å²) in [5, 5.41) is 11.4. The van der Waals surface area contributed by atoms with E-state index < -0.39 is 0 Å². The third kappa shape index (κ3) is 2.87. The van der Waals surface area contributed by atoms with Gasteiger partial charge in [-0.05, 0) is 30.4 Å². The minimum absolute atomic E-state index is 0.0362. The number of pyridine rings is 1. The van der Waals surface area contributed by atoms with Crippen LogP contribution in [0.4, 0.5) is 4.39 Å². The predicted molar refractivity (Wildman–Crippen MR) is 109 cm³/mol. The Morgan fingerprint density at radius 2 is 2.00 bits per heavy atom. The van der Waals surface area contributed by atoms with Crippen molar-refractivity contribution >= 4 is 22.2 Å². The zero-order valence-electron chi connectivity index (χ0n) is 15.8. The fourth-order valence-corrected chi connectivity index (χ4v) is 4.29. The number of benzene rings is 2. The number of aliphatic hydroxyl groups is 1. The first-order valence-electron chi connectivity index (χ1n) is 9.74. The number of aromatic nitrogens is 2. The molecule has 1 fully saturated rings. The molecule has 6 heteroatoms. The van der Waals surface area contributed by atoms with Crippen molar-refractivity contribution in [2.45, 2.75) is 18.9 Å². The van der Waals surface area contributed by atoms with Gasteiger partial charge in [0, 0.05) is 23.7 Å². The largest absolute Gasteiger partial charge is 0.394 e. The van der Waals surface area contributed by atoms with Crippen molar-refractivity contribution in [2.24, 2.45) is 0 Å². The van der Waals surface area contributed by atoms with E-state index >= 15 is 0 Å². The lowest BCUT2D eigenvalue weighted by Crippen LogP contribution is -2.37. The normalized spacial score (nSPS) is 16.8. The maximum atomic E-state index is 13.8. The van der Waals surface area contributed by atoms with Crippen LogP contribution >= 0.6 is 0 Å². The van der Waals surface area contributed by atoms with Crippen LogP contribution in [0.3, 0.4) is 0 Å². The molecule has 0 radical (unpaired) electrons. The van der Waals surface area contributed by atoms with E-state index in [4.69, 9.17) is 0 Å². The number of aliphatic hydroxyl groups excluding tert-OH is 1. The molecule has 0 bridgehead atoms. The van der Waals surface area contributed by atoms with Gasteiger partial charge in [0.05, 0.1) is 29.9 Å². The Morgan fingerprint density at radius 1 is 1.17 bits per heavy atom. The van der Waals surface area contributed by atoms with Crippen LogP contribution in [0, 0.1) is 5.82 Å². The molecule has 1 saturated heterocycles. The molecule has 29 heavy (non-hydrogen) atoms. The Morgan fingerprint density at radius 3 is 2.79 bits per heavy atom. The van der Waals surface area contributed by atoms with Gasteiger partial charge in [-0.3, -0.25) is 9.20 Å². The first-order valence-corrected chi connectivity index (χ1v) is 9.74. The number of imidazole rings is 1. The van der Waals surface area contributed by atoms with Gasteiger partial charge in [0.2, 0.25) is 0 Å². The maximum absolute atomic E-state index is 13.8. The number of fused-ring (bicyclic) bond motifs is 3. The van der Waals surface area contributed by atoms with E-state index in [2.05, 4.69) is 4.98 Å². The number of amides is 1. The minimum Gasteiger partial charge on any atom is -0.394 e. The number of nitrogens with zero attached hydrogens (tertiary/aromatic N) is 3. The van der Waals surface area contributed by atoms with Crippen molar-refractivity contribution in [3.8, 4) is 11.4 Å². The van der Waals surface area contributed by atoms with Crippen LogP contribution in [0.5, 0.6) is 0 Å². The van der Waals surface area contributed by atoms with Crippen molar-refractivity contribution < 1.29 is 14.3 Å². The van der Waals surface area contributed by atoms with E-state index in [0.29, 0.717) is 23.5 Å². The van der Waals surface area contributed by atoms with Gasteiger partial charge in [0.1, 0.15) is 11.6 Å². The molecule has 1 atom stereocenters. The molecule has 3 heterocycles. The SMILES string of the molecule is O=C(c1cn2c(-c3cccc(F)c3)ncc2c2ccccc12)N1CCC[C@@H]1CO. The quantitative estimate of drug-likeness (QED) is 0.578. The van der Waals surface area contributed by atoms with Crippen molar-refractivity contribution in [2.75, 3.05) is 13.2 Å². The van der Waals surface area contributed by atoms with E-state index in [9.17, 15) is 14.3 Å². The third-order valence-electron chi connectivity index (χ3n) is 5.71. The Hall–Kier alpha value is -3.25. The Bertz CT molecular complexity index is 1230. The molecule has 0 aliphatic carbocycles. The fraction of sp³-hybridized carbons (Fsp3) is 0.217. The second-order valence-electron chi connectivity index (χ2n) is 7.41. The van der Waals surface area contributed by atoms with Gasteiger partial charge in [0.15, 0.2) is 0 Å². The lowest BCUT2D eigenvalue weighted by Gasteiger charge is -2.24. The summed E-state index contributed by atoms with van der Waals surface area (Å²) in [6.07, 6.45) is 5.24. The lowest BCUT2D eigenvalue weighted by atomic mass is 10.0. The zero-order chi connectivity index (χ0) is 20.0. The van der Waals surface area contributed by atoms with Crippen LogP contribution in [-0.4, -0.2) is 44.5 Å². The van der Waals surface area contributed by atoms with Crippen molar-refractivity contribution in [1.29, 1.82) is 0 Å². The van der Waals surface area contributed by atoms with Crippen LogP contribution in [0.2, 0.25) is 0 Å². The number of carbonyl (C=O) groups excluding carboxylic acids is 1. The average Bonchev–Trinajstić information content (AvgIpc) is 3.39. The molecule has 1 aliphatic heterocycles. The van der Waals surface area contributed by atoms with Gasteiger partial charge in [-0.1, -0.05) is 36.4 Å². The molecule has 1 amide bonds. The van der Waals surface area contributed by atoms with Crippen molar-refractivity contribution in [3.05, 3.63) is 72.3 Å². The van der Waals surface area contributed by atoms with Crippen LogP contribution in [0.25, 0.3) is 27.7 Å². The molecule has 5 nitrogen and oxygen atoms in total. The second kappa shape index (κ2) is 6.97. The van der Waals surface area contributed by atoms with Crippen molar-refractivity contribution in [3.63, 3.8) is 0 Å². The number of carbonyl (C=O) groups is 1.